The predicted octanol–water partition coefficient (Wildman–Crippen LogP) is 4.88. The minimum Gasteiger partial charge on any atom is -0.376 e. The van der Waals surface area contributed by atoms with Crippen molar-refractivity contribution in [3.05, 3.63) is 36.2 Å². The second-order valence-corrected chi connectivity index (χ2v) is 10.7. The molecular weight excluding hydrogens is 443 g/mol. The third kappa shape index (κ3) is 5.20. The Kier molecular flexibility index (Phi) is 6.27. The van der Waals surface area contributed by atoms with Gasteiger partial charge in [-0.15, -0.1) is 10.2 Å². The fraction of sp³-hybridized carbons (Fsp3) is 0.640. The molecule has 0 bridgehead atoms. The summed E-state index contributed by atoms with van der Waals surface area (Å²) in [6.07, 6.45) is 1.05. The SMILES string of the molecule is CC1(C)CC(CN2CC3CC(Nc4ccc(-c5cccnc5C(F)(F)F)nn4)CC3C2)CCO1. The Bertz CT molecular complexity index is 983. The maximum atomic E-state index is 13.3. The Morgan fingerprint density at radius 2 is 1.88 bits per heavy atom. The van der Waals surface area contributed by atoms with Gasteiger partial charge in [-0.1, -0.05) is 0 Å². The third-order valence-electron chi connectivity index (χ3n) is 7.51. The summed E-state index contributed by atoms with van der Waals surface area (Å²) in [6.45, 7) is 8.70. The van der Waals surface area contributed by atoms with Crippen LogP contribution in [-0.2, 0) is 10.9 Å². The molecule has 0 radical (unpaired) electrons. The van der Waals surface area contributed by atoms with E-state index in [0.29, 0.717) is 29.6 Å². The third-order valence-corrected chi connectivity index (χ3v) is 7.51. The number of likely N-dealkylation sites (tertiary alicyclic amines) is 1. The van der Waals surface area contributed by atoms with Crippen LogP contribution in [0.25, 0.3) is 11.3 Å². The van der Waals surface area contributed by atoms with E-state index in [1.54, 1.807) is 12.1 Å². The Morgan fingerprint density at radius 1 is 1.12 bits per heavy atom. The van der Waals surface area contributed by atoms with Crippen molar-refractivity contribution in [2.24, 2.45) is 17.8 Å². The zero-order chi connectivity index (χ0) is 23.9. The highest BCUT2D eigenvalue weighted by molar-refractivity contribution is 5.62. The fourth-order valence-corrected chi connectivity index (χ4v) is 6.14. The van der Waals surface area contributed by atoms with Crippen LogP contribution in [0.5, 0.6) is 0 Å². The van der Waals surface area contributed by atoms with Crippen LogP contribution in [0.3, 0.4) is 0 Å². The van der Waals surface area contributed by atoms with Crippen LogP contribution in [0.15, 0.2) is 30.5 Å². The second-order valence-electron chi connectivity index (χ2n) is 10.7. The van der Waals surface area contributed by atoms with E-state index >= 15 is 0 Å². The summed E-state index contributed by atoms with van der Waals surface area (Å²) in [5.41, 5.74) is -0.837. The van der Waals surface area contributed by atoms with Crippen molar-refractivity contribution in [2.75, 3.05) is 31.6 Å². The number of halogens is 3. The van der Waals surface area contributed by atoms with Gasteiger partial charge in [0.2, 0.25) is 0 Å². The van der Waals surface area contributed by atoms with Gasteiger partial charge in [0, 0.05) is 44.0 Å². The van der Waals surface area contributed by atoms with E-state index < -0.39 is 11.9 Å². The highest BCUT2D eigenvalue weighted by atomic mass is 19.4. The van der Waals surface area contributed by atoms with Gasteiger partial charge < -0.3 is 15.0 Å². The van der Waals surface area contributed by atoms with E-state index in [2.05, 4.69) is 39.2 Å². The van der Waals surface area contributed by atoms with Crippen LogP contribution in [-0.4, -0.2) is 58.0 Å². The van der Waals surface area contributed by atoms with Crippen LogP contribution in [0.2, 0.25) is 0 Å². The number of hydrogen-bond acceptors (Lipinski definition) is 6. The first-order chi connectivity index (χ1) is 16.2. The number of alkyl halides is 3. The fourth-order valence-electron chi connectivity index (χ4n) is 6.14. The van der Waals surface area contributed by atoms with Gasteiger partial charge in [0.05, 0.1) is 11.3 Å². The summed E-state index contributed by atoms with van der Waals surface area (Å²) < 4.78 is 45.6. The molecule has 5 rings (SSSR count). The number of aromatic nitrogens is 3. The van der Waals surface area contributed by atoms with Gasteiger partial charge in [0.25, 0.3) is 0 Å². The molecule has 9 heteroatoms. The first-order valence-corrected chi connectivity index (χ1v) is 12.2. The Hall–Kier alpha value is -2.26. The zero-order valence-electron chi connectivity index (χ0n) is 19.7. The molecule has 6 nitrogen and oxygen atoms in total. The number of nitrogens with one attached hydrogen (secondary N) is 1. The molecule has 1 aliphatic carbocycles. The van der Waals surface area contributed by atoms with E-state index in [1.165, 1.54) is 18.7 Å². The predicted molar refractivity (Wildman–Crippen MR) is 123 cm³/mol. The molecule has 1 N–H and O–H groups in total. The molecule has 184 valence electrons. The molecular formula is C25H32F3N5O. The quantitative estimate of drug-likeness (QED) is 0.665. The van der Waals surface area contributed by atoms with E-state index in [0.717, 1.165) is 51.6 Å². The minimum absolute atomic E-state index is 0.00452. The molecule has 1 saturated carbocycles. The molecule has 2 aliphatic heterocycles. The van der Waals surface area contributed by atoms with Crippen LogP contribution in [0.4, 0.5) is 19.0 Å². The number of rotatable bonds is 5. The number of pyridine rings is 1. The lowest BCUT2D eigenvalue weighted by Gasteiger charge is -2.37. The summed E-state index contributed by atoms with van der Waals surface area (Å²) >= 11 is 0. The van der Waals surface area contributed by atoms with Gasteiger partial charge >= 0.3 is 6.18 Å². The van der Waals surface area contributed by atoms with Gasteiger partial charge in [-0.2, -0.15) is 13.2 Å². The average molecular weight is 476 g/mol. The van der Waals surface area contributed by atoms with Crippen molar-refractivity contribution < 1.29 is 17.9 Å². The topological polar surface area (TPSA) is 63.2 Å². The molecule has 3 atom stereocenters. The lowest BCUT2D eigenvalue weighted by Crippen LogP contribution is -2.39. The standard InChI is InChI=1S/C25H32F3N5O/c1-24(2)12-16(7-9-34-24)13-33-14-17-10-19(11-18(17)15-33)30-22-6-5-21(31-32-22)20-4-3-8-29-23(20)25(26,27)28/h3-6,8,16-19H,7,9-15H2,1-2H3,(H,30,32). The number of ether oxygens (including phenoxy) is 1. The molecule has 4 heterocycles. The summed E-state index contributed by atoms with van der Waals surface area (Å²) in [7, 11) is 0. The van der Waals surface area contributed by atoms with E-state index in [-0.39, 0.29) is 16.9 Å². The van der Waals surface area contributed by atoms with Gasteiger partial charge in [-0.05, 0) is 81.5 Å². The molecule has 0 spiro atoms. The van der Waals surface area contributed by atoms with Gasteiger partial charge in [-0.25, -0.2) is 0 Å². The first kappa shape index (κ1) is 23.5. The monoisotopic (exact) mass is 475 g/mol. The van der Waals surface area contributed by atoms with Crippen LogP contribution in [0.1, 0.15) is 45.2 Å². The number of anilines is 1. The summed E-state index contributed by atoms with van der Waals surface area (Å²) in [6, 6.07) is 6.46. The van der Waals surface area contributed by atoms with Crippen molar-refractivity contribution in [3.8, 4) is 11.3 Å². The minimum atomic E-state index is -4.54. The average Bonchev–Trinajstić information content (AvgIpc) is 3.31. The highest BCUT2D eigenvalue weighted by Gasteiger charge is 2.42. The lowest BCUT2D eigenvalue weighted by atomic mass is 9.88. The Balaban J connectivity index is 1.15. The molecule has 3 aliphatic rings. The van der Waals surface area contributed by atoms with Gasteiger partial charge in [0.1, 0.15) is 5.82 Å². The second kappa shape index (κ2) is 9.07. The van der Waals surface area contributed by atoms with Crippen molar-refractivity contribution >= 4 is 5.82 Å². The number of nitrogens with zero attached hydrogens (tertiary/aromatic N) is 4. The van der Waals surface area contributed by atoms with E-state index in [4.69, 9.17) is 4.74 Å². The van der Waals surface area contributed by atoms with Crippen molar-refractivity contribution in [1.82, 2.24) is 20.1 Å². The molecule has 34 heavy (non-hydrogen) atoms. The first-order valence-electron chi connectivity index (χ1n) is 12.2. The highest BCUT2D eigenvalue weighted by Crippen LogP contribution is 2.40. The molecule has 2 aromatic rings. The molecule has 0 amide bonds. The van der Waals surface area contributed by atoms with Crippen LogP contribution < -0.4 is 5.32 Å². The Labute approximate surface area is 198 Å². The molecule has 2 aromatic heterocycles. The van der Waals surface area contributed by atoms with E-state index in [1.807, 2.05) is 0 Å². The maximum absolute atomic E-state index is 13.3. The summed E-state index contributed by atoms with van der Waals surface area (Å²) in [5, 5.41) is 11.7. The molecule has 2 saturated heterocycles. The van der Waals surface area contributed by atoms with Crippen LogP contribution in [0, 0.1) is 17.8 Å². The lowest BCUT2D eigenvalue weighted by molar-refractivity contribution is -0.140. The number of hydrogen-bond donors (Lipinski definition) is 1. The van der Waals surface area contributed by atoms with Crippen molar-refractivity contribution in [1.29, 1.82) is 0 Å². The normalized spacial score (nSPS) is 29.2. The van der Waals surface area contributed by atoms with E-state index in [9.17, 15) is 13.2 Å². The Morgan fingerprint density at radius 3 is 2.53 bits per heavy atom. The smallest absolute Gasteiger partial charge is 0.376 e. The maximum Gasteiger partial charge on any atom is 0.434 e. The summed E-state index contributed by atoms with van der Waals surface area (Å²) in [4.78, 5) is 6.13. The molecule has 3 fully saturated rings. The van der Waals surface area contributed by atoms with Crippen LogP contribution >= 0.6 is 0 Å². The van der Waals surface area contributed by atoms with Gasteiger partial charge in [0.15, 0.2) is 5.69 Å². The van der Waals surface area contributed by atoms with Crippen molar-refractivity contribution in [3.63, 3.8) is 0 Å². The van der Waals surface area contributed by atoms with Gasteiger partial charge in [-0.3, -0.25) is 4.98 Å². The molecule has 0 aromatic carbocycles. The number of fused-ring (bicyclic) bond motifs is 1. The summed E-state index contributed by atoms with van der Waals surface area (Å²) in [5.74, 6) is 2.68. The van der Waals surface area contributed by atoms with Crippen molar-refractivity contribution in [2.45, 2.75) is 57.3 Å². The zero-order valence-corrected chi connectivity index (χ0v) is 19.7. The molecule has 3 unspecified atom stereocenters. The largest absolute Gasteiger partial charge is 0.434 e.